The molecule has 1 fully saturated rings. The fourth-order valence-corrected chi connectivity index (χ4v) is 1.87. The van der Waals surface area contributed by atoms with Gasteiger partial charge in [0.05, 0.1) is 0 Å². The van der Waals surface area contributed by atoms with Crippen LogP contribution >= 0.6 is 0 Å². The third kappa shape index (κ3) is 2.66. The Morgan fingerprint density at radius 3 is 2.38 bits per heavy atom. The number of hydrogen-bond acceptors (Lipinski definition) is 2. The molecule has 1 saturated heterocycles. The lowest BCUT2D eigenvalue weighted by atomic mass is 10.1. The molecule has 2 amide bonds. The quantitative estimate of drug-likeness (QED) is 0.712. The summed E-state index contributed by atoms with van der Waals surface area (Å²) >= 11 is 0. The normalized spacial score (nSPS) is 15.9. The molecule has 1 aromatic carbocycles. The van der Waals surface area contributed by atoms with Crippen LogP contribution in [0.15, 0.2) is 24.3 Å². The zero-order valence-corrected chi connectivity index (χ0v) is 9.28. The molecule has 0 spiro atoms. The van der Waals surface area contributed by atoms with E-state index in [1.807, 2.05) is 17.0 Å². The molecule has 86 valence electrons. The van der Waals surface area contributed by atoms with Gasteiger partial charge < -0.3 is 16.0 Å². The van der Waals surface area contributed by atoms with Crippen molar-refractivity contribution in [2.45, 2.75) is 19.3 Å². The van der Waals surface area contributed by atoms with Crippen LogP contribution in [-0.4, -0.2) is 24.0 Å². The van der Waals surface area contributed by atoms with Gasteiger partial charge >= 0.3 is 6.03 Å². The largest absolute Gasteiger partial charge is 0.399 e. The highest BCUT2D eigenvalue weighted by Gasteiger charge is 2.15. The lowest BCUT2D eigenvalue weighted by Crippen LogP contribution is -2.38. The third-order valence-electron chi connectivity index (χ3n) is 2.81. The van der Waals surface area contributed by atoms with Crippen molar-refractivity contribution >= 4 is 17.4 Å². The van der Waals surface area contributed by atoms with Gasteiger partial charge in [-0.25, -0.2) is 4.79 Å². The van der Waals surface area contributed by atoms with Crippen molar-refractivity contribution in [2.24, 2.45) is 0 Å². The zero-order valence-electron chi connectivity index (χ0n) is 9.28. The molecule has 2 rings (SSSR count). The van der Waals surface area contributed by atoms with E-state index in [1.165, 1.54) is 6.42 Å². The Labute approximate surface area is 95.4 Å². The second kappa shape index (κ2) is 4.88. The molecule has 16 heavy (non-hydrogen) atoms. The number of nitrogens with zero attached hydrogens (tertiary/aromatic N) is 1. The number of anilines is 2. The number of nitrogens with one attached hydrogen (secondary N) is 1. The van der Waals surface area contributed by atoms with E-state index in [0.29, 0.717) is 5.69 Å². The number of nitrogens with two attached hydrogens (primary N) is 1. The van der Waals surface area contributed by atoms with Gasteiger partial charge in [-0.15, -0.1) is 0 Å². The first-order chi connectivity index (χ1) is 7.75. The van der Waals surface area contributed by atoms with Gasteiger partial charge in [-0.1, -0.05) is 0 Å². The van der Waals surface area contributed by atoms with Crippen LogP contribution in [0.1, 0.15) is 19.3 Å². The Hall–Kier alpha value is -1.71. The van der Waals surface area contributed by atoms with E-state index >= 15 is 0 Å². The van der Waals surface area contributed by atoms with Crippen LogP contribution in [-0.2, 0) is 0 Å². The predicted molar refractivity (Wildman–Crippen MR) is 65.3 cm³/mol. The summed E-state index contributed by atoms with van der Waals surface area (Å²) in [5.41, 5.74) is 7.08. The first-order valence-corrected chi connectivity index (χ1v) is 5.67. The summed E-state index contributed by atoms with van der Waals surface area (Å²) < 4.78 is 0. The molecule has 4 heteroatoms. The van der Waals surface area contributed by atoms with Crippen molar-refractivity contribution in [3.63, 3.8) is 0 Å². The van der Waals surface area contributed by atoms with Crippen molar-refractivity contribution in [3.05, 3.63) is 24.3 Å². The van der Waals surface area contributed by atoms with Crippen LogP contribution < -0.4 is 11.1 Å². The number of piperidine rings is 1. The van der Waals surface area contributed by atoms with Crippen LogP contribution in [0, 0.1) is 0 Å². The van der Waals surface area contributed by atoms with Crippen molar-refractivity contribution < 1.29 is 4.79 Å². The Kier molecular flexibility index (Phi) is 3.29. The molecule has 0 aliphatic carbocycles. The molecular formula is C12H17N3O. The highest BCUT2D eigenvalue weighted by Crippen LogP contribution is 2.13. The van der Waals surface area contributed by atoms with Gasteiger partial charge in [0.25, 0.3) is 0 Å². The van der Waals surface area contributed by atoms with Crippen molar-refractivity contribution in [3.8, 4) is 0 Å². The van der Waals surface area contributed by atoms with Gasteiger partial charge in [0.15, 0.2) is 0 Å². The molecule has 4 nitrogen and oxygen atoms in total. The molecule has 0 atom stereocenters. The second-order valence-electron chi connectivity index (χ2n) is 4.10. The number of nitrogen functional groups attached to an aromatic ring is 1. The molecular weight excluding hydrogens is 202 g/mol. The highest BCUT2D eigenvalue weighted by atomic mass is 16.2. The number of carbonyl (C=O) groups is 1. The van der Waals surface area contributed by atoms with E-state index in [1.54, 1.807) is 12.1 Å². The van der Waals surface area contributed by atoms with Crippen LogP contribution in [0.25, 0.3) is 0 Å². The van der Waals surface area contributed by atoms with Crippen LogP contribution in [0.2, 0.25) is 0 Å². The van der Waals surface area contributed by atoms with E-state index in [9.17, 15) is 4.79 Å². The zero-order chi connectivity index (χ0) is 11.4. The molecule has 3 N–H and O–H groups in total. The Morgan fingerprint density at radius 1 is 1.12 bits per heavy atom. The van der Waals surface area contributed by atoms with Crippen LogP contribution in [0.5, 0.6) is 0 Å². The van der Waals surface area contributed by atoms with Gasteiger partial charge in [-0.2, -0.15) is 0 Å². The molecule has 0 saturated carbocycles. The molecule has 0 aromatic heterocycles. The summed E-state index contributed by atoms with van der Waals surface area (Å²) in [6.07, 6.45) is 3.44. The van der Waals surface area contributed by atoms with E-state index < -0.39 is 0 Å². The first kappa shape index (κ1) is 10.8. The fourth-order valence-electron chi connectivity index (χ4n) is 1.87. The third-order valence-corrected chi connectivity index (χ3v) is 2.81. The smallest absolute Gasteiger partial charge is 0.321 e. The minimum Gasteiger partial charge on any atom is -0.399 e. The number of benzene rings is 1. The standard InChI is InChI=1S/C12H17N3O/c13-10-4-6-11(7-5-10)14-12(16)15-8-2-1-3-9-15/h4-7H,1-3,8-9,13H2,(H,14,16). The van der Waals surface area contributed by atoms with E-state index in [2.05, 4.69) is 5.32 Å². The minimum absolute atomic E-state index is 0.00975. The second-order valence-corrected chi connectivity index (χ2v) is 4.10. The molecule has 1 heterocycles. The fraction of sp³-hybridized carbons (Fsp3) is 0.417. The highest BCUT2D eigenvalue weighted by molar-refractivity contribution is 5.89. The van der Waals surface area contributed by atoms with E-state index in [-0.39, 0.29) is 6.03 Å². The average Bonchev–Trinajstić information content (AvgIpc) is 2.33. The summed E-state index contributed by atoms with van der Waals surface area (Å²) in [7, 11) is 0. The molecule has 1 aliphatic rings. The molecule has 0 unspecified atom stereocenters. The van der Waals surface area contributed by atoms with Crippen LogP contribution in [0.4, 0.5) is 16.2 Å². The summed E-state index contributed by atoms with van der Waals surface area (Å²) in [6.45, 7) is 1.72. The van der Waals surface area contributed by atoms with Gasteiger partial charge in [-0.3, -0.25) is 0 Å². The van der Waals surface area contributed by atoms with Crippen molar-refractivity contribution in [1.82, 2.24) is 4.90 Å². The number of carbonyl (C=O) groups excluding carboxylic acids is 1. The minimum atomic E-state index is -0.00975. The maximum atomic E-state index is 11.8. The number of likely N-dealkylation sites (tertiary alicyclic amines) is 1. The topological polar surface area (TPSA) is 58.4 Å². The lowest BCUT2D eigenvalue weighted by molar-refractivity contribution is 0.200. The van der Waals surface area contributed by atoms with Gasteiger partial charge in [0.2, 0.25) is 0 Å². The Bertz CT molecular complexity index is 355. The Balaban J connectivity index is 1.93. The monoisotopic (exact) mass is 219 g/mol. The lowest BCUT2D eigenvalue weighted by Gasteiger charge is -2.26. The van der Waals surface area contributed by atoms with E-state index in [4.69, 9.17) is 5.73 Å². The van der Waals surface area contributed by atoms with Crippen LogP contribution in [0.3, 0.4) is 0 Å². The summed E-state index contributed by atoms with van der Waals surface area (Å²) in [6, 6.07) is 7.19. The number of urea groups is 1. The first-order valence-electron chi connectivity index (χ1n) is 5.67. The Morgan fingerprint density at radius 2 is 1.75 bits per heavy atom. The van der Waals surface area contributed by atoms with Gasteiger partial charge in [0, 0.05) is 24.5 Å². The number of amides is 2. The average molecular weight is 219 g/mol. The van der Waals surface area contributed by atoms with Crippen molar-refractivity contribution in [2.75, 3.05) is 24.1 Å². The summed E-state index contributed by atoms with van der Waals surface area (Å²) in [4.78, 5) is 13.7. The predicted octanol–water partition coefficient (Wildman–Crippen LogP) is 2.29. The molecule has 1 aliphatic heterocycles. The maximum Gasteiger partial charge on any atom is 0.321 e. The maximum absolute atomic E-state index is 11.8. The molecule has 0 bridgehead atoms. The SMILES string of the molecule is Nc1ccc(NC(=O)N2CCCCC2)cc1. The number of hydrogen-bond donors (Lipinski definition) is 2. The van der Waals surface area contributed by atoms with E-state index in [0.717, 1.165) is 31.6 Å². The molecule has 1 aromatic rings. The van der Waals surface area contributed by atoms with Gasteiger partial charge in [0.1, 0.15) is 0 Å². The van der Waals surface area contributed by atoms with Crippen molar-refractivity contribution in [1.29, 1.82) is 0 Å². The number of rotatable bonds is 1. The summed E-state index contributed by atoms with van der Waals surface area (Å²) in [5, 5.41) is 2.87. The summed E-state index contributed by atoms with van der Waals surface area (Å²) in [5.74, 6) is 0. The molecule has 0 radical (unpaired) electrons. The van der Waals surface area contributed by atoms with Gasteiger partial charge in [-0.05, 0) is 43.5 Å².